The summed E-state index contributed by atoms with van der Waals surface area (Å²) in [5.41, 5.74) is 5.72. The van der Waals surface area contributed by atoms with Crippen LogP contribution in [-0.2, 0) is 0 Å². The van der Waals surface area contributed by atoms with Gasteiger partial charge in [-0.3, -0.25) is 0 Å². The number of halogens is 3. The molecular formula is C13H17F3N2O2. The fourth-order valence-electron chi connectivity index (χ4n) is 2.12. The Morgan fingerprint density at radius 2 is 1.90 bits per heavy atom. The van der Waals surface area contributed by atoms with Gasteiger partial charge >= 0.3 is 6.61 Å². The van der Waals surface area contributed by atoms with Crippen LogP contribution in [0, 0.1) is 5.82 Å². The number of ether oxygens (including phenoxy) is 2. The highest BCUT2D eigenvalue weighted by atomic mass is 19.3. The van der Waals surface area contributed by atoms with Gasteiger partial charge in [-0.25, -0.2) is 4.39 Å². The van der Waals surface area contributed by atoms with Crippen LogP contribution >= 0.6 is 0 Å². The molecule has 2 N–H and O–H groups in total. The van der Waals surface area contributed by atoms with Gasteiger partial charge in [-0.1, -0.05) is 0 Å². The molecule has 1 aromatic rings. The van der Waals surface area contributed by atoms with Gasteiger partial charge in [-0.2, -0.15) is 8.78 Å². The maximum absolute atomic E-state index is 13.4. The molecule has 0 aliphatic carbocycles. The summed E-state index contributed by atoms with van der Waals surface area (Å²) in [7, 11) is 2.01. The molecule has 0 amide bonds. The van der Waals surface area contributed by atoms with E-state index >= 15 is 0 Å². The Labute approximate surface area is 115 Å². The number of hydrogen-bond acceptors (Lipinski definition) is 4. The van der Waals surface area contributed by atoms with Crippen molar-refractivity contribution in [1.29, 1.82) is 0 Å². The Morgan fingerprint density at radius 1 is 1.25 bits per heavy atom. The lowest BCUT2D eigenvalue weighted by Crippen LogP contribution is -2.35. The van der Waals surface area contributed by atoms with Crippen LogP contribution in [0.25, 0.3) is 0 Å². The van der Waals surface area contributed by atoms with Gasteiger partial charge in [0.25, 0.3) is 0 Å². The Hall–Kier alpha value is -1.63. The number of nitrogens with zero attached hydrogens (tertiary/aromatic N) is 1. The van der Waals surface area contributed by atoms with Crippen molar-refractivity contribution in [2.45, 2.75) is 25.6 Å². The first-order chi connectivity index (χ1) is 9.45. The maximum atomic E-state index is 13.4. The van der Waals surface area contributed by atoms with Gasteiger partial charge in [0, 0.05) is 25.2 Å². The highest BCUT2D eigenvalue weighted by Gasteiger charge is 2.20. The second kappa shape index (κ2) is 6.21. The summed E-state index contributed by atoms with van der Waals surface area (Å²) in [6, 6.07) is 2.01. The molecule has 1 heterocycles. The van der Waals surface area contributed by atoms with Crippen LogP contribution in [-0.4, -0.2) is 37.8 Å². The summed E-state index contributed by atoms with van der Waals surface area (Å²) in [6.45, 7) is -1.33. The number of piperidine rings is 1. The fourth-order valence-corrected chi connectivity index (χ4v) is 2.12. The Morgan fingerprint density at radius 3 is 2.50 bits per heavy atom. The Balaban J connectivity index is 2.10. The number of nitrogen functional groups attached to an aromatic ring is 1. The normalized spacial score (nSPS) is 17.4. The lowest BCUT2D eigenvalue weighted by Gasteiger charge is -2.29. The van der Waals surface area contributed by atoms with Crippen molar-refractivity contribution in [3.8, 4) is 11.5 Å². The fraction of sp³-hybridized carbons (Fsp3) is 0.538. The lowest BCUT2D eigenvalue weighted by molar-refractivity contribution is -0.0523. The zero-order valence-corrected chi connectivity index (χ0v) is 11.1. The number of anilines is 1. The lowest BCUT2D eigenvalue weighted by atomic mass is 10.1. The molecule has 0 radical (unpaired) electrons. The summed E-state index contributed by atoms with van der Waals surface area (Å²) in [4.78, 5) is 2.17. The van der Waals surface area contributed by atoms with E-state index in [1.807, 2.05) is 7.05 Å². The summed E-state index contributed by atoms with van der Waals surface area (Å²) < 4.78 is 47.5. The third-order valence-corrected chi connectivity index (χ3v) is 3.24. The molecule has 0 saturated carbocycles. The Bertz CT molecular complexity index is 463. The van der Waals surface area contributed by atoms with E-state index in [1.54, 1.807) is 0 Å². The number of hydrogen-bond donors (Lipinski definition) is 1. The molecule has 0 spiro atoms. The molecule has 2 rings (SSSR count). The quantitative estimate of drug-likeness (QED) is 0.865. The van der Waals surface area contributed by atoms with Crippen molar-refractivity contribution in [1.82, 2.24) is 4.90 Å². The van der Waals surface area contributed by atoms with Crippen LogP contribution in [0.15, 0.2) is 12.1 Å². The Kier molecular flexibility index (Phi) is 4.59. The van der Waals surface area contributed by atoms with Crippen molar-refractivity contribution in [2.24, 2.45) is 0 Å². The molecule has 0 atom stereocenters. The number of alkyl halides is 2. The summed E-state index contributed by atoms with van der Waals surface area (Å²) >= 11 is 0. The third kappa shape index (κ3) is 3.69. The average Bonchev–Trinajstić information content (AvgIpc) is 2.37. The van der Waals surface area contributed by atoms with E-state index in [2.05, 4.69) is 9.64 Å². The van der Waals surface area contributed by atoms with Gasteiger partial charge < -0.3 is 20.1 Å². The molecule has 7 heteroatoms. The number of likely N-dealkylation sites (tertiary alicyclic amines) is 1. The van der Waals surface area contributed by atoms with Crippen molar-refractivity contribution in [3.63, 3.8) is 0 Å². The summed E-state index contributed by atoms with van der Waals surface area (Å²) in [5.74, 6) is -1.31. The zero-order chi connectivity index (χ0) is 14.7. The topological polar surface area (TPSA) is 47.7 Å². The predicted octanol–water partition coefficient (Wildman–Crippen LogP) is 2.48. The molecule has 20 heavy (non-hydrogen) atoms. The van der Waals surface area contributed by atoms with Gasteiger partial charge in [0.15, 0.2) is 11.6 Å². The van der Waals surface area contributed by atoms with Crippen LogP contribution < -0.4 is 15.2 Å². The molecule has 4 nitrogen and oxygen atoms in total. The van der Waals surface area contributed by atoms with E-state index in [0.29, 0.717) is 0 Å². The third-order valence-electron chi connectivity index (χ3n) is 3.24. The largest absolute Gasteiger partial charge is 0.488 e. The average molecular weight is 290 g/mol. The van der Waals surface area contributed by atoms with E-state index in [1.165, 1.54) is 0 Å². The molecule has 1 aliphatic rings. The number of rotatable bonds is 4. The highest BCUT2D eigenvalue weighted by Crippen LogP contribution is 2.32. The zero-order valence-electron chi connectivity index (χ0n) is 11.1. The van der Waals surface area contributed by atoms with Gasteiger partial charge in [-0.05, 0) is 19.9 Å². The first-order valence-electron chi connectivity index (χ1n) is 6.34. The minimum atomic E-state index is -3.09. The van der Waals surface area contributed by atoms with Crippen LogP contribution in [0.2, 0.25) is 0 Å². The maximum Gasteiger partial charge on any atom is 0.387 e. The molecule has 1 fully saturated rings. The predicted molar refractivity (Wildman–Crippen MR) is 68.6 cm³/mol. The van der Waals surface area contributed by atoms with Crippen molar-refractivity contribution in [2.75, 3.05) is 25.9 Å². The van der Waals surface area contributed by atoms with Gasteiger partial charge in [0.05, 0.1) is 5.69 Å². The van der Waals surface area contributed by atoms with E-state index in [9.17, 15) is 13.2 Å². The monoisotopic (exact) mass is 290 g/mol. The van der Waals surface area contributed by atoms with Crippen LogP contribution in [0.4, 0.5) is 18.9 Å². The van der Waals surface area contributed by atoms with E-state index in [-0.39, 0.29) is 17.5 Å². The van der Waals surface area contributed by atoms with Gasteiger partial charge in [0.2, 0.25) is 0 Å². The van der Waals surface area contributed by atoms with E-state index in [4.69, 9.17) is 10.5 Å². The number of benzene rings is 1. The highest BCUT2D eigenvalue weighted by molar-refractivity contribution is 5.56. The second-order valence-electron chi connectivity index (χ2n) is 4.82. The SMILES string of the molecule is CN1CCC(Oc2cc(OC(F)F)c(F)cc2N)CC1. The molecule has 1 saturated heterocycles. The summed E-state index contributed by atoms with van der Waals surface area (Å²) in [6.07, 6.45) is 1.55. The van der Waals surface area contributed by atoms with Crippen LogP contribution in [0.3, 0.4) is 0 Å². The smallest absolute Gasteiger partial charge is 0.387 e. The molecule has 0 aromatic heterocycles. The second-order valence-corrected chi connectivity index (χ2v) is 4.82. The van der Waals surface area contributed by atoms with Crippen LogP contribution in [0.5, 0.6) is 11.5 Å². The molecule has 112 valence electrons. The van der Waals surface area contributed by atoms with Crippen molar-refractivity contribution >= 4 is 5.69 Å². The number of nitrogens with two attached hydrogens (primary N) is 1. The molecule has 0 unspecified atom stereocenters. The summed E-state index contributed by atoms with van der Waals surface area (Å²) in [5, 5.41) is 0. The van der Waals surface area contributed by atoms with Crippen molar-refractivity contribution < 1.29 is 22.6 Å². The molecular weight excluding hydrogens is 273 g/mol. The van der Waals surface area contributed by atoms with E-state index in [0.717, 1.165) is 38.1 Å². The molecule has 1 aromatic carbocycles. The van der Waals surface area contributed by atoms with E-state index < -0.39 is 18.2 Å². The van der Waals surface area contributed by atoms with Gasteiger partial charge in [0.1, 0.15) is 11.9 Å². The molecule has 0 bridgehead atoms. The minimum absolute atomic E-state index is 0.0571. The van der Waals surface area contributed by atoms with Gasteiger partial charge in [-0.15, -0.1) is 0 Å². The standard InChI is InChI=1S/C13H17F3N2O2/c1-18-4-2-8(3-5-18)19-12-7-11(20-13(15)16)9(14)6-10(12)17/h6-8,13H,2-5,17H2,1H3. The first-order valence-corrected chi connectivity index (χ1v) is 6.34. The minimum Gasteiger partial charge on any atom is -0.488 e. The molecule has 1 aliphatic heterocycles. The van der Waals surface area contributed by atoms with Crippen molar-refractivity contribution in [3.05, 3.63) is 17.9 Å². The first kappa shape index (κ1) is 14.8. The van der Waals surface area contributed by atoms with Crippen LogP contribution in [0.1, 0.15) is 12.8 Å².